The maximum Gasteiger partial charge on any atom is 0.261 e. The molecule has 0 spiro atoms. The number of aromatic hydroxyl groups is 1. The highest BCUT2D eigenvalue weighted by Gasteiger charge is 2.24. The van der Waals surface area contributed by atoms with Crippen molar-refractivity contribution < 1.29 is 23.0 Å². The summed E-state index contributed by atoms with van der Waals surface area (Å²) in [6, 6.07) is 17.4. The maximum absolute atomic E-state index is 13.3. The predicted octanol–water partition coefficient (Wildman–Crippen LogP) is 5.96. The zero-order valence-electron chi connectivity index (χ0n) is 19.8. The van der Waals surface area contributed by atoms with Crippen molar-refractivity contribution in [1.29, 1.82) is 0 Å². The Morgan fingerprint density at radius 3 is 2.15 bits per heavy atom. The summed E-state index contributed by atoms with van der Waals surface area (Å²) in [7, 11) is -0.745. The van der Waals surface area contributed by atoms with E-state index in [2.05, 4.69) is 4.72 Å². The molecule has 4 rings (SSSR count). The van der Waals surface area contributed by atoms with E-state index in [0.717, 1.165) is 21.9 Å². The van der Waals surface area contributed by atoms with E-state index in [4.69, 9.17) is 9.47 Å². The van der Waals surface area contributed by atoms with Crippen LogP contribution in [0.2, 0.25) is 0 Å². The highest BCUT2D eigenvalue weighted by atomic mass is 32.2. The smallest absolute Gasteiger partial charge is 0.261 e. The van der Waals surface area contributed by atoms with Crippen LogP contribution in [0.1, 0.15) is 16.7 Å². The molecule has 6 nitrogen and oxygen atoms in total. The Morgan fingerprint density at radius 2 is 1.50 bits per heavy atom. The fourth-order valence-electron chi connectivity index (χ4n) is 4.28. The molecule has 0 amide bonds. The molecule has 0 aliphatic heterocycles. The molecule has 0 fully saturated rings. The number of methoxy groups -OCH3 is 2. The number of nitrogens with one attached hydrogen (secondary N) is 1. The van der Waals surface area contributed by atoms with E-state index in [9.17, 15) is 13.5 Å². The van der Waals surface area contributed by atoms with E-state index in [1.54, 1.807) is 50.6 Å². The first-order valence-electron chi connectivity index (χ1n) is 10.7. The molecule has 0 heterocycles. The van der Waals surface area contributed by atoms with Crippen LogP contribution >= 0.6 is 0 Å². The SMILES string of the molecule is COc1ccc2ccc(O)c(-c3c(NS(=O)(=O)c4ccc(C)cc4)cc(C)c(OC)c3C)c2c1. The van der Waals surface area contributed by atoms with Crippen LogP contribution in [0.25, 0.3) is 21.9 Å². The number of phenols is 1. The molecular weight excluding hydrogens is 450 g/mol. The number of ether oxygens (including phenoxy) is 2. The minimum absolute atomic E-state index is 0.0190. The lowest BCUT2D eigenvalue weighted by Gasteiger charge is -2.21. The van der Waals surface area contributed by atoms with Gasteiger partial charge in [0, 0.05) is 16.7 Å². The molecule has 4 aromatic carbocycles. The first-order valence-corrected chi connectivity index (χ1v) is 12.2. The number of hydrogen-bond acceptors (Lipinski definition) is 5. The zero-order valence-corrected chi connectivity index (χ0v) is 20.6. The topological polar surface area (TPSA) is 84.9 Å². The van der Waals surface area contributed by atoms with E-state index < -0.39 is 10.0 Å². The summed E-state index contributed by atoms with van der Waals surface area (Å²) in [6.07, 6.45) is 0. The Kier molecular flexibility index (Phi) is 6.15. The van der Waals surface area contributed by atoms with Gasteiger partial charge in [0.15, 0.2) is 0 Å². The van der Waals surface area contributed by atoms with E-state index in [1.165, 1.54) is 0 Å². The van der Waals surface area contributed by atoms with Crippen LogP contribution in [0, 0.1) is 20.8 Å². The fourth-order valence-corrected chi connectivity index (χ4v) is 5.34. The average Bonchev–Trinajstić information content (AvgIpc) is 2.80. The highest BCUT2D eigenvalue weighted by molar-refractivity contribution is 7.92. The van der Waals surface area contributed by atoms with Crippen LogP contribution in [0.15, 0.2) is 65.6 Å². The third kappa shape index (κ3) is 4.15. The van der Waals surface area contributed by atoms with Crippen molar-refractivity contribution in [3.8, 4) is 28.4 Å². The summed E-state index contributed by atoms with van der Waals surface area (Å²) in [5.74, 6) is 1.26. The van der Waals surface area contributed by atoms with E-state index in [0.29, 0.717) is 33.9 Å². The fraction of sp³-hybridized carbons (Fsp3) is 0.185. The van der Waals surface area contributed by atoms with Gasteiger partial charge in [-0.3, -0.25) is 4.72 Å². The van der Waals surface area contributed by atoms with Crippen molar-refractivity contribution in [3.05, 3.63) is 77.4 Å². The van der Waals surface area contributed by atoms with Crippen LogP contribution in [0.5, 0.6) is 17.2 Å². The summed E-state index contributed by atoms with van der Waals surface area (Å²) >= 11 is 0. The lowest BCUT2D eigenvalue weighted by Crippen LogP contribution is -2.14. The van der Waals surface area contributed by atoms with Crippen LogP contribution in [-0.2, 0) is 10.0 Å². The van der Waals surface area contributed by atoms with Gasteiger partial charge in [0.05, 0.1) is 24.8 Å². The van der Waals surface area contributed by atoms with Gasteiger partial charge in [0.1, 0.15) is 17.2 Å². The Hall–Kier alpha value is -3.71. The van der Waals surface area contributed by atoms with Crippen molar-refractivity contribution in [2.45, 2.75) is 25.7 Å². The van der Waals surface area contributed by atoms with Crippen LogP contribution < -0.4 is 14.2 Å². The molecule has 0 atom stereocenters. The second kappa shape index (κ2) is 8.91. The number of aryl methyl sites for hydroxylation is 2. The standard InChI is InChI=1S/C27H27NO5S/c1-16-6-11-21(12-7-16)34(30,31)28-23-14-17(2)27(33-5)18(3)25(23)26-22-15-20(32-4)10-8-19(22)9-13-24(26)29/h6-15,28-29H,1-5H3. The summed E-state index contributed by atoms with van der Waals surface area (Å²) in [5, 5.41) is 12.6. The van der Waals surface area contributed by atoms with Gasteiger partial charge >= 0.3 is 0 Å². The molecule has 7 heteroatoms. The number of anilines is 1. The monoisotopic (exact) mass is 477 g/mol. The summed E-state index contributed by atoms with van der Waals surface area (Å²) < 4.78 is 40.4. The van der Waals surface area contributed by atoms with Crippen molar-refractivity contribution in [1.82, 2.24) is 0 Å². The molecule has 0 aliphatic rings. The van der Waals surface area contributed by atoms with E-state index >= 15 is 0 Å². The van der Waals surface area contributed by atoms with E-state index in [1.807, 2.05) is 45.0 Å². The second-order valence-corrected chi connectivity index (χ2v) is 9.92. The predicted molar refractivity (Wildman–Crippen MR) is 136 cm³/mol. The van der Waals surface area contributed by atoms with Gasteiger partial charge in [0.25, 0.3) is 10.0 Å². The molecule has 2 N–H and O–H groups in total. The van der Waals surface area contributed by atoms with Gasteiger partial charge in [-0.1, -0.05) is 29.8 Å². The van der Waals surface area contributed by atoms with Crippen LogP contribution in [-0.4, -0.2) is 27.7 Å². The molecule has 34 heavy (non-hydrogen) atoms. The molecule has 0 aromatic heterocycles. The van der Waals surface area contributed by atoms with Gasteiger partial charge in [-0.15, -0.1) is 0 Å². The molecule has 0 unspecified atom stereocenters. The van der Waals surface area contributed by atoms with Gasteiger partial charge < -0.3 is 14.6 Å². The van der Waals surface area contributed by atoms with Crippen molar-refractivity contribution in [2.75, 3.05) is 18.9 Å². The quantitative estimate of drug-likeness (QED) is 0.358. The molecule has 0 saturated heterocycles. The maximum atomic E-state index is 13.3. The number of rotatable bonds is 6. The summed E-state index contributed by atoms with van der Waals surface area (Å²) in [4.78, 5) is 0.152. The lowest BCUT2D eigenvalue weighted by atomic mass is 9.91. The Labute approximate surface area is 199 Å². The van der Waals surface area contributed by atoms with Crippen molar-refractivity contribution >= 4 is 26.5 Å². The molecule has 4 aromatic rings. The van der Waals surface area contributed by atoms with Gasteiger partial charge in [0.2, 0.25) is 0 Å². The normalized spacial score (nSPS) is 11.4. The van der Waals surface area contributed by atoms with Crippen LogP contribution in [0.3, 0.4) is 0 Å². The zero-order chi connectivity index (χ0) is 24.6. The number of benzene rings is 4. The second-order valence-electron chi connectivity index (χ2n) is 8.24. The van der Waals surface area contributed by atoms with Gasteiger partial charge in [-0.2, -0.15) is 0 Å². The number of phenolic OH excluding ortho intramolecular Hbond substituents is 1. The lowest BCUT2D eigenvalue weighted by molar-refractivity contribution is 0.409. The first kappa shape index (κ1) is 23.4. The molecule has 0 aliphatic carbocycles. The average molecular weight is 478 g/mol. The summed E-state index contributed by atoms with van der Waals surface area (Å²) in [6.45, 7) is 5.60. The largest absolute Gasteiger partial charge is 0.507 e. The molecular formula is C27H27NO5S. The van der Waals surface area contributed by atoms with Crippen molar-refractivity contribution in [3.63, 3.8) is 0 Å². The molecule has 176 valence electrons. The number of hydrogen-bond donors (Lipinski definition) is 2. The number of fused-ring (bicyclic) bond motifs is 1. The Morgan fingerprint density at radius 1 is 0.824 bits per heavy atom. The minimum Gasteiger partial charge on any atom is -0.507 e. The van der Waals surface area contributed by atoms with Crippen molar-refractivity contribution in [2.24, 2.45) is 0 Å². The van der Waals surface area contributed by atoms with Crippen LogP contribution in [0.4, 0.5) is 5.69 Å². The minimum atomic E-state index is -3.89. The Bertz CT molecular complexity index is 1490. The third-order valence-corrected chi connectivity index (χ3v) is 7.32. The first-order chi connectivity index (χ1) is 16.2. The third-order valence-electron chi connectivity index (χ3n) is 5.94. The molecule has 0 bridgehead atoms. The van der Waals surface area contributed by atoms with Gasteiger partial charge in [-0.25, -0.2) is 8.42 Å². The summed E-state index contributed by atoms with van der Waals surface area (Å²) in [5.41, 5.74) is 3.81. The molecule has 0 radical (unpaired) electrons. The van der Waals surface area contributed by atoms with E-state index in [-0.39, 0.29) is 10.6 Å². The Balaban J connectivity index is 2.02. The van der Waals surface area contributed by atoms with Gasteiger partial charge in [-0.05, 0) is 73.5 Å². The molecule has 0 saturated carbocycles. The number of sulfonamides is 1. The highest BCUT2D eigenvalue weighted by Crippen LogP contribution is 2.46.